The number of ether oxygens (including phenoxy) is 1. The molecule has 2 aliphatic heterocycles. The predicted molar refractivity (Wildman–Crippen MR) is 152 cm³/mol. The molecule has 3 heterocycles. The first kappa shape index (κ1) is 25.3. The molecule has 1 aromatic heterocycles. The Morgan fingerprint density at radius 3 is 2.59 bits per heavy atom. The van der Waals surface area contributed by atoms with Crippen LogP contribution in [0.1, 0.15) is 50.7 Å². The molecule has 192 valence electrons. The lowest BCUT2D eigenvalue weighted by molar-refractivity contribution is -0.113. The second-order valence-corrected chi connectivity index (χ2v) is 11.1. The Morgan fingerprint density at radius 1 is 1.08 bits per heavy atom. The molecule has 2 aromatic carbocycles. The quantitative estimate of drug-likeness (QED) is 0.327. The number of nitrogens with zero attached hydrogens (tertiary/aromatic N) is 4. The van der Waals surface area contributed by atoms with Crippen molar-refractivity contribution in [1.82, 2.24) is 14.7 Å². The van der Waals surface area contributed by atoms with Crippen LogP contribution in [0.5, 0.6) is 5.75 Å². The van der Waals surface area contributed by atoms with Crippen molar-refractivity contribution in [1.29, 1.82) is 0 Å². The van der Waals surface area contributed by atoms with Crippen molar-refractivity contribution in [3.8, 4) is 22.7 Å². The summed E-state index contributed by atoms with van der Waals surface area (Å²) in [6, 6.07) is 16.2. The summed E-state index contributed by atoms with van der Waals surface area (Å²) in [5, 5.41) is 5.77. The molecule has 0 N–H and O–H groups in total. The molecule has 1 amide bonds. The summed E-state index contributed by atoms with van der Waals surface area (Å²) in [5.41, 5.74) is 4.74. The van der Waals surface area contributed by atoms with Crippen LogP contribution >= 0.6 is 11.8 Å². The van der Waals surface area contributed by atoms with Gasteiger partial charge in [0.25, 0.3) is 5.91 Å². The van der Waals surface area contributed by atoms with Gasteiger partial charge in [0.1, 0.15) is 11.4 Å². The van der Waals surface area contributed by atoms with E-state index in [9.17, 15) is 4.79 Å². The predicted octanol–water partition coefficient (Wildman–Crippen LogP) is 6.73. The Labute approximate surface area is 223 Å². The summed E-state index contributed by atoms with van der Waals surface area (Å²) in [6.45, 7) is 9.10. The largest absolute Gasteiger partial charge is 0.493 e. The highest BCUT2D eigenvalue weighted by molar-refractivity contribution is 8.18. The van der Waals surface area contributed by atoms with E-state index in [2.05, 4.69) is 42.8 Å². The van der Waals surface area contributed by atoms with Gasteiger partial charge in [-0.15, -0.1) is 0 Å². The van der Waals surface area contributed by atoms with E-state index in [-0.39, 0.29) is 5.91 Å². The molecule has 0 radical (unpaired) electrons. The third-order valence-corrected chi connectivity index (χ3v) is 7.73. The molecule has 0 unspecified atom stereocenters. The molecule has 37 heavy (non-hydrogen) atoms. The van der Waals surface area contributed by atoms with Gasteiger partial charge >= 0.3 is 0 Å². The monoisotopic (exact) mass is 514 g/mol. The fourth-order valence-electron chi connectivity index (χ4n) is 4.55. The number of para-hydroxylation sites is 1. The van der Waals surface area contributed by atoms with Crippen LogP contribution in [0.3, 0.4) is 0 Å². The molecule has 6 nitrogen and oxygen atoms in total. The minimum atomic E-state index is -0.172. The first-order valence-electron chi connectivity index (χ1n) is 13.1. The molecule has 1 saturated heterocycles. The van der Waals surface area contributed by atoms with Gasteiger partial charge in [-0.05, 0) is 92.3 Å². The van der Waals surface area contributed by atoms with Crippen LogP contribution in [0.25, 0.3) is 23.0 Å². The van der Waals surface area contributed by atoms with Crippen LogP contribution in [-0.4, -0.2) is 45.5 Å². The highest BCUT2D eigenvalue weighted by Crippen LogP contribution is 2.35. The average molecular weight is 515 g/mol. The average Bonchev–Trinajstić information content (AvgIpc) is 3.50. The summed E-state index contributed by atoms with van der Waals surface area (Å²) < 4.78 is 7.90. The summed E-state index contributed by atoms with van der Waals surface area (Å²) in [6.07, 6.45) is 8.50. The van der Waals surface area contributed by atoms with Gasteiger partial charge in [0.05, 0.1) is 17.2 Å². The smallest absolute Gasteiger partial charge is 0.286 e. The Kier molecular flexibility index (Phi) is 7.79. The number of aliphatic imine (C=N–C) groups is 1. The fraction of sp³-hybridized carbons (Fsp3) is 0.367. The van der Waals surface area contributed by atoms with Crippen LogP contribution < -0.4 is 4.74 Å². The van der Waals surface area contributed by atoms with Crippen molar-refractivity contribution in [2.75, 3.05) is 19.7 Å². The number of carbonyl (C=O) groups is 1. The van der Waals surface area contributed by atoms with E-state index in [4.69, 9.17) is 9.84 Å². The Bertz CT molecular complexity index is 1320. The molecule has 2 aliphatic rings. The summed E-state index contributed by atoms with van der Waals surface area (Å²) in [5.74, 6) is 1.33. The molecular weight excluding hydrogens is 480 g/mol. The fourth-order valence-corrected chi connectivity index (χ4v) is 5.51. The number of rotatable bonds is 7. The van der Waals surface area contributed by atoms with Gasteiger partial charge in [-0.3, -0.25) is 4.79 Å². The molecule has 3 aromatic rings. The number of benzene rings is 2. The lowest BCUT2D eigenvalue weighted by Crippen LogP contribution is -2.33. The second-order valence-electron chi connectivity index (χ2n) is 10.1. The number of carbonyl (C=O) groups excluding carboxylic acids is 1. The maximum Gasteiger partial charge on any atom is 0.286 e. The molecular formula is C30H34N4O2S. The zero-order valence-corrected chi connectivity index (χ0v) is 22.6. The summed E-state index contributed by atoms with van der Waals surface area (Å²) in [4.78, 5) is 20.1. The van der Waals surface area contributed by atoms with Crippen LogP contribution in [0.4, 0.5) is 0 Å². The molecule has 5 rings (SSSR count). The van der Waals surface area contributed by atoms with Crippen molar-refractivity contribution < 1.29 is 9.53 Å². The van der Waals surface area contributed by atoms with E-state index in [1.54, 1.807) is 0 Å². The number of hydrogen-bond donors (Lipinski definition) is 0. The van der Waals surface area contributed by atoms with Crippen molar-refractivity contribution in [2.24, 2.45) is 10.9 Å². The second kappa shape index (κ2) is 11.4. The van der Waals surface area contributed by atoms with E-state index < -0.39 is 0 Å². The summed E-state index contributed by atoms with van der Waals surface area (Å²) in [7, 11) is 0. The summed E-state index contributed by atoms with van der Waals surface area (Å²) >= 11 is 1.48. The highest BCUT2D eigenvalue weighted by Gasteiger charge is 2.27. The number of amides is 1. The Morgan fingerprint density at radius 2 is 1.86 bits per heavy atom. The number of likely N-dealkylation sites (tertiary alicyclic amines) is 1. The molecule has 0 saturated carbocycles. The van der Waals surface area contributed by atoms with Crippen molar-refractivity contribution in [3.05, 3.63) is 70.8 Å². The maximum atomic E-state index is 12.9. The topological polar surface area (TPSA) is 59.7 Å². The molecule has 0 spiro atoms. The zero-order chi connectivity index (χ0) is 25.8. The van der Waals surface area contributed by atoms with Gasteiger partial charge in [-0.1, -0.05) is 32.0 Å². The van der Waals surface area contributed by atoms with E-state index in [0.717, 1.165) is 71.3 Å². The van der Waals surface area contributed by atoms with Crippen molar-refractivity contribution in [3.63, 3.8) is 0 Å². The van der Waals surface area contributed by atoms with E-state index >= 15 is 0 Å². The molecule has 0 aliphatic carbocycles. The Balaban J connectivity index is 1.46. The minimum Gasteiger partial charge on any atom is -0.493 e. The zero-order valence-electron chi connectivity index (χ0n) is 21.8. The number of thioether (sulfide) groups is 1. The molecule has 7 heteroatoms. The van der Waals surface area contributed by atoms with Crippen LogP contribution in [0.2, 0.25) is 0 Å². The highest BCUT2D eigenvalue weighted by atomic mass is 32.2. The normalized spacial score (nSPS) is 17.1. The van der Waals surface area contributed by atoms with Gasteiger partial charge in [0.2, 0.25) is 0 Å². The standard InChI is InChI=1S/C30H34N4O2S/c1-21(2)14-17-36-26-13-12-23(18-22(26)3)28-24(20-34(32-28)25-10-6-4-7-11-25)19-27-29(35)31-30(37-27)33-15-8-5-9-16-33/h4,6-7,10-13,18-21H,5,8-9,14-17H2,1-3H3/b27-19+. The first-order chi connectivity index (χ1) is 18.0. The Hall–Kier alpha value is -3.32. The lowest BCUT2D eigenvalue weighted by atomic mass is 10.0. The lowest BCUT2D eigenvalue weighted by Gasteiger charge is -2.27. The molecule has 1 fully saturated rings. The minimum absolute atomic E-state index is 0.172. The van der Waals surface area contributed by atoms with Crippen LogP contribution in [0, 0.1) is 12.8 Å². The van der Waals surface area contributed by atoms with Gasteiger partial charge in [0, 0.05) is 30.4 Å². The number of hydrogen-bond acceptors (Lipinski definition) is 5. The van der Waals surface area contributed by atoms with E-state index in [0.29, 0.717) is 17.4 Å². The van der Waals surface area contributed by atoms with Crippen molar-refractivity contribution >= 4 is 28.9 Å². The van der Waals surface area contributed by atoms with Crippen LogP contribution in [-0.2, 0) is 4.79 Å². The molecule has 0 atom stereocenters. The third-order valence-electron chi connectivity index (χ3n) is 6.69. The number of piperidine rings is 1. The van der Waals surface area contributed by atoms with Gasteiger partial charge in [-0.25, -0.2) is 4.68 Å². The van der Waals surface area contributed by atoms with Crippen molar-refractivity contribution in [2.45, 2.75) is 46.5 Å². The molecule has 0 bridgehead atoms. The third kappa shape index (κ3) is 5.99. The van der Waals surface area contributed by atoms with Gasteiger partial charge in [0.15, 0.2) is 5.17 Å². The van der Waals surface area contributed by atoms with Gasteiger partial charge in [-0.2, -0.15) is 10.1 Å². The first-order valence-corrected chi connectivity index (χ1v) is 14.0. The van der Waals surface area contributed by atoms with E-state index in [1.807, 2.05) is 53.4 Å². The maximum absolute atomic E-state index is 12.9. The van der Waals surface area contributed by atoms with Crippen LogP contribution in [0.15, 0.2) is 64.6 Å². The number of aromatic nitrogens is 2. The number of amidine groups is 1. The van der Waals surface area contributed by atoms with E-state index in [1.165, 1.54) is 18.2 Å². The SMILES string of the molecule is Cc1cc(-c2nn(-c3ccccc3)cc2/C=C2/SC(N3CCCCC3)=NC2=O)ccc1OCCC(C)C. The van der Waals surface area contributed by atoms with Gasteiger partial charge < -0.3 is 9.64 Å². The number of aryl methyl sites for hydroxylation is 1.